The molecule has 2 fully saturated rings. The molecule has 0 aliphatic heterocycles. The molecule has 25 heavy (non-hydrogen) atoms. The van der Waals surface area contributed by atoms with Gasteiger partial charge >= 0.3 is 5.03 Å². The van der Waals surface area contributed by atoms with Gasteiger partial charge in [0.1, 0.15) is 0 Å². The number of H-pyrrole nitrogens is 1. The van der Waals surface area contributed by atoms with E-state index in [4.69, 9.17) is 0 Å². The van der Waals surface area contributed by atoms with Crippen molar-refractivity contribution in [2.75, 3.05) is 0 Å². The molecule has 2 saturated carbocycles. The van der Waals surface area contributed by atoms with Crippen molar-refractivity contribution in [3.8, 4) is 0 Å². The average molecular weight is 390 g/mol. The second kappa shape index (κ2) is 7.19. The predicted octanol–water partition coefficient (Wildman–Crippen LogP) is 2.14. The van der Waals surface area contributed by atoms with Crippen molar-refractivity contribution >= 4 is 19.7 Å². The number of rotatable bonds is 4. The van der Waals surface area contributed by atoms with Gasteiger partial charge in [0.2, 0.25) is 19.7 Å². The van der Waals surface area contributed by atoms with E-state index in [2.05, 4.69) is 5.10 Å². The van der Waals surface area contributed by atoms with Crippen LogP contribution in [-0.4, -0.2) is 32.4 Å². The number of hydrogen-bond acceptors (Lipinski definition) is 5. The molecule has 9 heteroatoms. The van der Waals surface area contributed by atoms with Crippen molar-refractivity contribution in [2.45, 2.75) is 84.8 Å². The Morgan fingerprint density at radius 3 is 1.72 bits per heavy atom. The molecule has 0 unspecified atom stereocenters. The van der Waals surface area contributed by atoms with Crippen LogP contribution in [0.1, 0.15) is 64.2 Å². The van der Waals surface area contributed by atoms with Crippen LogP contribution in [0.25, 0.3) is 0 Å². The summed E-state index contributed by atoms with van der Waals surface area (Å²) in [6.07, 6.45) is 7.67. The van der Waals surface area contributed by atoms with Gasteiger partial charge < -0.3 is 0 Å². The molecule has 0 amide bonds. The van der Waals surface area contributed by atoms with Crippen molar-refractivity contribution < 1.29 is 21.4 Å². The fourth-order valence-electron chi connectivity index (χ4n) is 3.88. The van der Waals surface area contributed by atoms with E-state index in [0.717, 1.165) is 44.6 Å². The third kappa shape index (κ3) is 3.67. The lowest BCUT2D eigenvalue weighted by molar-refractivity contribution is -0.610. The third-order valence-corrected chi connectivity index (χ3v) is 9.79. The molecule has 1 aromatic rings. The third-order valence-electron chi connectivity index (χ3n) is 5.37. The van der Waals surface area contributed by atoms with Gasteiger partial charge in [-0.25, -0.2) is 16.8 Å². The lowest BCUT2D eigenvalue weighted by Crippen LogP contribution is -2.36. The molecule has 0 atom stereocenters. The molecule has 1 aromatic heterocycles. The highest BCUT2D eigenvalue weighted by Gasteiger charge is 2.38. The van der Waals surface area contributed by atoms with Crippen molar-refractivity contribution in [1.29, 1.82) is 0 Å². The van der Waals surface area contributed by atoms with Crippen LogP contribution in [0, 0.1) is 4.91 Å². The Balaban J connectivity index is 1.92. The largest absolute Gasteiger partial charge is 0.382 e. The lowest BCUT2D eigenvalue weighted by Gasteiger charge is -2.21. The molecule has 0 bridgehead atoms. The first-order chi connectivity index (χ1) is 11.8. The highest BCUT2D eigenvalue weighted by molar-refractivity contribution is 7.92. The van der Waals surface area contributed by atoms with Gasteiger partial charge in [0.15, 0.2) is 9.57 Å². The van der Waals surface area contributed by atoms with Crippen molar-refractivity contribution in [3.63, 3.8) is 0 Å². The molecule has 0 saturated heterocycles. The highest BCUT2D eigenvalue weighted by Crippen LogP contribution is 2.29. The van der Waals surface area contributed by atoms with Gasteiger partial charge in [0.05, 0.1) is 15.4 Å². The summed E-state index contributed by atoms with van der Waals surface area (Å²) in [6.45, 7) is 0. The number of aromatic nitrogens is 2. The van der Waals surface area contributed by atoms with Crippen LogP contribution >= 0.6 is 0 Å². The van der Waals surface area contributed by atoms with Crippen LogP contribution < -0.4 is 4.54 Å². The molecule has 3 rings (SSSR count). The Morgan fingerprint density at radius 1 is 0.760 bits per heavy atom. The van der Waals surface area contributed by atoms with E-state index in [1.165, 1.54) is 6.07 Å². The maximum atomic E-state index is 12.7. The predicted molar refractivity (Wildman–Crippen MR) is 92.3 cm³/mol. The standard InChI is InChI=1S/C16H25N2O5S2/c19-18-16(25(22,23)14-9-5-2-6-10-14)12-11-15(17-18)24(20,21)13-7-3-1-4-8-13/h11-14H,1-10H2,(H,17,19)/q+1. The quantitative estimate of drug-likeness (QED) is 0.794. The van der Waals surface area contributed by atoms with E-state index in [-0.39, 0.29) is 14.6 Å². The summed E-state index contributed by atoms with van der Waals surface area (Å²) in [4.78, 5) is 12.3. The number of aromatic amines is 1. The zero-order valence-electron chi connectivity index (χ0n) is 14.2. The van der Waals surface area contributed by atoms with E-state index >= 15 is 0 Å². The highest BCUT2D eigenvalue weighted by atomic mass is 32.2. The van der Waals surface area contributed by atoms with Crippen molar-refractivity contribution in [2.24, 2.45) is 0 Å². The number of nitrogens with zero attached hydrogens (tertiary/aromatic N) is 1. The first kappa shape index (κ1) is 18.6. The summed E-state index contributed by atoms with van der Waals surface area (Å²) in [6, 6.07) is 2.37. The average Bonchev–Trinajstić information content (AvgIpc) is 2.63. The summed E-state index contributed by atoms with van der Waals surface area (Å²) < 4.78 is 50.8. The van der Waals surface area contributed by atoms with Crippen molar-refractivity contribution in [3.05, 3.63) is 17.0 Å². The monoisotopic (exact) mass is 389 g/mol. The fourth-order valence-corrected chi connectivity index (χ4v) is 7.49. The Morgan fingerprint density at radius 2 is 1.24 bits per heavy atom. The van der Waals surface area contributed by atoms with Crippen molar-refractivity contribution in [1.82, 2.24) is 5.10 Å². The summed E-state index contributed by atoms with van der Waals surface area (Å²) in [7, 11) is -7.40. The van der Waals surface area contributed by atoms with Gasteiger partial charge in [0.25, 0.3) is 0 Å². The van der Waals surface area contributed by atoms with Crippen LogP contribution in [0.4, 0.5) is 0 Å². The van der Waals surface area contributed by atoms with E-state index in [9.17, 15) is 21.7 Å². The van der Waals surface area contributed by atoms with E-state index in [1.54, 1.807) is 0 Å². The van der Waals surface area contributed by atoms with E-state index < -0.39 is 30.2 Å². The summed E-state index contributed by atoms with van der Waals surface area (Å²) in [5.41, 5.74) is 0. The number of sulfone groups is 2. The summed E-state index contributed by atoms with van der Waals surface area (Å²) in [5, 5.41) is 0.607. The van der Waals surface area contributed by atoms with Crippen LogP contribution in [0.15, 0.2) is 22.2 Å². The van der Waals surface area contributed by atoms with Crippen LogP contribution in [0.3, 0.4) is 0 Å². The topological polar surface area (TPSA) is 107 Å². The van der Waals surface area contributed by atoms with Crippen LogP contribution in [-0.2, 0) is 19.7 Å². The van der Waals surface area contributed by atoms with Gasteiger partial charge in [-0.3, -0.25) is 0 Å². The molecule has 7 nitrogen and oxygen atoms in total. The minimum atomic E-state index is -3.76. The molecular formula is C16H25N2O5S2+. The molecule has 2 aliphatic rings. The zero-order chi connectivity index (χ0) is 18.1. The van der Waals surface area contributed by atoms with Gasteiger partial charge in [-0.2, -0.15) is 0 Å². The maximum Gasteiger partial charge on any atom is 0.382 e. The molecule has 140 valence electrons. The zero-order valence-corrected chi connectivity index (χ0v) is 15.8. The SMILES string of the molecule is O=[n+]1[nH]c(S(=O)(=O)C2CCCCC2)ccc1S(=O)(=O)C1CCCCC1. The minimum absolute atomic E-state index is 0.111. The van der Waals surface area contributed by atoms with Gasteiger partial charge in [-0.05, 0) is 31.7 Å². The van der Waals surface area contributed by atoms with E-state index in [0.29, 0.717) is 25.7 Å². The van der Waals surface area contributed by atoms with Gasteiger partial charge in [-0.15, -0.1) is 5.10 Å². The first-order valence-electron chi connectivity index (χ1n) is 8.97. The smallest absolute Gasteiger partial charge is 0.222 e. The van der Waals surface area contributed by atoms with Gasteiger partial charge in [0, 0.05) is 6.07 Å². The van der Waals surface area contributed by atoms with Crippen LogP contribution in [0.2, 0.25) is 0 Å². The Labute approximate surface area is 148 Å². The summed E-state index contributed by atoms with van der Waals surface area (Å²) in [5.74, 6) is 0. The molecule has 0 radical (unpaired) electrons. The normalized spacial score (nSPS) is 21.3. The fraction of sp³-hybridized carbons (Fsp3) is 0.750. The minimum Gasteiger partial charge on any atom is -0.222 e. The lowest BCUT2D eigenvalue weighted by atomic mass is 10.0. The second-order valence-electron chi connectivity index (χ2n) is 7.05. The summed E-state index contributed by atoms with van der Waals surface area (Å²) >= 11 is 0. The number of hydrogen-bond donors (Lipinski definition) is 1. The molecular weight excluding hydrogens is 364 g/mol. The number of nitrogens with one attached hydrogen (secondary N) is 1. The molecule has 2 aliphatic carbocycles. The molecule has 0 spiro atoms. The van der Waals surface area contributed by atoms with Crippen LogP contribution in [0.5, 0.6) is 0 Å². The Bertz CT molecular complexity index is 877. The first-order valence-corrected chi connectivity index (χ1v) is 12.1. The molecule has 0 aromatic carbocycles. The molecule has 1 heterocycles. The van der Waals surface area contributed by atoms with E-state index in [1.807, 2.05) is 0 Å². The Kier molecular flexibility index (Phi) is 5.34. The maximum absolute atomic E-state index is 12.7. The second-order valence-corrected chi connectivity index (χ2v) is 11.4. The molecule has 1 N–H and O–H groups in total. The van der Waals surface area contributed by atoms with Gasteiger partial charge in [-0.1, -0.05) is 38.5 Å². The Hall–Kier alpha value is -1.22.